The lowest BCUT2D eigenvalue weighted by Gasteiger charge is -2.42. The Morgan fingerprint density at radius 3 is 1.32 bits per heavy atom. The fraction of sp³-hybridized carbons (Fsp3) is 0.730. The number of hydrogen-bond donors (Lipinski definition) is 7. The molecular weight excluding hydrogens is 981 g/mol. The van der Waals surface area contributed by atoms with Crippen LogP contribution in [0.4, 0.5) is 0 Å². The van der Waals surface area contributed by atoms with Crippen molar-refractivity contribution in [2.24, 2.45) is 0 Å². The van der Waals surface area contributed by atoms with Gasteiger partial charge in [-0.05, 0) is 96.3 Å². The molecule has 0 aromatic carbocycles. The van der Waals surface area contributed by atoms with Gasteiger partial charge in [0.1, 0.15) is 54.9 Å². The summed E-state index contributed by atoms with van der Waals surface area (Å²) in [5.41, 5.74) is 0. The van der Waals surface area contributed by atoms with Crippen molar-refractivity contribution < 1.29 is 69.0 Å². The standard InChI is InChI=1S/C63H106O14/c1-3-5-7-9-11-13-15-17-19-21-22-23-24-25-26-27-28-29-31-33-35-37-39-41-43-45-47-72-49-52(75-55(65)46-44-42-40-38-36-34-32-30-20-18-16-14-12-10-8-6-4-2)50-73-62-61(71)59(69)57(67)54(77-62)51-74-63-60(70)58(68)56(66)53(48-64)76-63/h5,7,11-14,17-20,22-23,25-26,28-29,52-54,56-64,66-71H,3-4,6,8-10,15-16,21,24,27,30-51H2,1-2H3/b7-5-,13-11-,14-12-,19-17-,20-18-,23-22-,26-25-,29-28-. The third-order valence-corrected chi connectivity index (χ3v) is 13.6. The van der Waals surface area contributed by atoms with E-state index in [1.165, 1.54) is 64.2 Å². The molecule has 0 aliphatic carbocycles. The first-order valence-electron chi connectivity index (χ1n) is 29.8. The monoisotopic (exact) mass is 1090 g/mol. The second-order valence-corrected chi connectivity index (χ2v) is 20.4. The van der Waals surface area contributed by atoms with E-state index in [0.29, 0.717) is 13.0 Å². The number of aliphatic hydroxyl groups is 7. The molecule has 2 rings (SSSR count). The number of aliphatic hydroxyl groups excluding tert-OH is 7. The molecule has 0 radical (unpaired) electrons. The Kier molecular flexibility index (Phi) is 44.4. The highest BCUT2D eigenvalue weighted by Crippen LogP contribution is 2.26. The smallest absolute Gasteiger partial charge is 0.306 e. The van der Waals surface area contributed by atoms with E-state index in [-0.39, 0.29) is 19.6 Å². The van der Waals surface area contributed by atoms with E-state index in [2.05, 4.69) is 111 Å². The first kappa shape index (κ1) is 70.0. The molecule has 0 aromatic heterocycles. The van der Waals surface area contributed by atoms with E-state index in [4.69, 9.17) is 28.4 Å². The molecule has 0 bridgehead atoms. The number of carbonyl (C=O) groups is 1. The fourth-order valence-corrected chi connectivity index (χ4v) is 8.79. The molecule has 2 fully saturated rings. The van der Waals surface area contributed by atoms with Crippen LogP contribution in [0.15, 0.2) is 97.2 Å². The molecule has 77 heavy (non-hydrogen) atoms. The summed E-state index contributed by atoms with van der Waals surface area (Å²) in [6, 6.07) is 0. The molecule has 14 nitrogen and oxygen atoms in total. The zero-order valence-corrected chi connectivity index (χ0v) is 47.4. The minimum Gasteiger partial charge on any atom is -0.457 e. The summed E-state index contributed by atoms with van der Waals surface area (Å²) in [4.78, 5) is 13.1. The minimum absolute atomic E-state index is 0.0446. The highest BCUT2D eigenvalue weighted by Gasteiger charge is 2.47. The predicted octanol–water partition coefficient (Wildman–Crippen LogP) is 11.0. The van der Waals surface area contributed by atoms with Crippen molar-refractivity contribution in [2.45, 2.75) is 261 Å². The zero-order chi connectivity index (χ0) is 55.8. The van der Waals surface area contributed by atoms with Crippen LogP contribution in [0.5, 0.6) is 0 Å². The Balaban J connectivity index is 1.71. The van der Waals surface area contributed by atoms with Gasteiger partial charge in [-0.3, -0.25) is 4.79 Å². The molecule has 0 spiro atoms. The lowest BCUT2D eigenvalue weighted by molar-refractivity contribution is -0.332. The summed E-state index contributed by atoms with van der Waals surface area (Å²) in [7, 11) is 0. The van der Waals surface area contributed by atoms with Crippen LogP contribution in [0.2, 0.25) is 0 Å². The quantitative estimate of drug-likeness (QED) is 0.0172. The van der Waals surface area contributed by atoms with Crippen LogP contribution in [-0.4, -0.2) is 142 Å². The van der Waals surface area contributed by atoms with E-state index >= 15 is 0 Å². The Morgan fingerprint density at radius 2 is 0.844 bits per heavy atom. The van der Waals surface area contributed by atoms with Gasteiger partial charge < -0.3 is 64.2 Å². The second kappa shape index (κ2) is 48.8. The highest BCUT2D eigenvalue weighted by molar-refractivity contribution is 5.69. The summed E-state index contributed by atoms with van der Waals surface area (Å²) < 4.78 is 34.4. The number of allylic oxidation sites excluding steroid dienone is 16. The van der Waals surface area contributed by atoms with Crippen molar-refractivity contribution in [1.82, 2.24) is 0 Å². The van der Waals surface area contributed by atoms with E-state index < -0.39 is 86.7 Å². The number of esters is 1. The average molecular weight is 1090 g/mol. The van der Waals surface area contributed by atoms with Gasteiger partial charge in [-0.2, -0.15) is 0 Å². The van der Waals surface area contributed by atoms with Gasteiger partial charge in [0.05, 0.1) is 26.4 Å². The number of ether oxygens (including phenoxy) is 6. The molecular formula is C63H106O14. The minimum atomic E-state index is -1.72. The van der Waals surface area contributed by atoms with Crippen LogP contribution in [0, 0.1) is 0 Å². The van der Waals surface area contributed by atoms with Crippen molar-refractivity contribution in [2.75, 3.05) is 33.0 Å². The first-order chi connectivity index (χ1) is 37.6. The van der Waals surface area contributed by atoms with Gasteiger partial charge in [0, 0.05) is 13.0 Å². The number of carbonyl (C=O) groups excluding carboxylic acids is 1. The Labute approximate surface area is 464 Å². The van der Waals surface area contributed by atoms with Crippen LogP contribution in [0.1, 0.15) is 194 Å². The Bertz CT molecular complexity index is 1640. The SMILES string of the molecule is CC/C=C\C/C=C\C/C=C\C/C=C\C/C=C\C/C=C\CCCCCCCCCOCC(COC1OC(COC2OC(CO)C(O)C(O)C2O)C(O)C(O)C1O)OC(=O)CCCCCCCCC/C=C\C/C=C\CCCCC. The third kappa shape index (κ3) is 35.3. The molecule has 0 saturated carbocycles. The normalized spacial score (nSPS) is 25.0. The fourth-order valence-electron chi connectivity index (χ4n) is 8.79. The Morgan fingerprint density at radius 1 is 0.442 bits per heavy atom. The number of unbranched alkanes of at least 4 members (excludes halogenated alkanes) is 17. The first-order valence-corrected chi connectivity index (χ1v) is 29.8. The molecule has 2 saturated heterocycles. The van der Waals surface area contributed by atoms with E-state index in [1.807, 2.05) is 0 Å². The van der Waals surface area contributed by atoms with Gasteiger partial charge in [0.2, 0.25) is 0 Å². The van der Waals surface area contributed by atoms with Crippen LogP contribution in [0.25, 0.3) is 0 Å². The molecule has 7 N–H and O–H groups in total. The Hall–Kier alpha value is -3.09. The molecule has 14 heteroatoms. The lowest BCUT2D eigenvalue weighted by Crippen LogP contribution is -2.61. The summed E-state index contributed by atoms with van der Waals surface area (Å²) >= 11 is 0. The van der Waals surface area contributed by atoms with Gasteiger partial charge in [0.25, 0.3) is 0 Å². The zero-order valence-electron chi connectivity index (χ0n) is 47.4. The van der Waals surface area contributed by atoms with Crippen LogP contribution in [-0.2, 0) is 33.2 Å². The summed E-state index contributed by atoms with van der Waals surface area (Å²) in [6.07, 6.45) is 48.9. The third-order valence-electron chi connectivity index (χ3n) is 13.6. The van der Waals surface area contributed by atoms with Crippen molar-refractivity contribution >= 4 is 5.97 Å². The predicted molar refractivity (Wildman–Crippen MR) is 307 cm³/mol. The van der Waals surface area contributed by atoms with Crippen molar-refractivity contribution in [3.05, 3.63) is 97.2 Å². The molecule has 11 unspecified atom stereocenters. The van der Waals surface area contributed by atoms with Crippen LogP contribution >= 0.6 is 0 Å². The molecule has 2 aliphatic rings. The van der Waals surface area contributed by atoms with Crippen molar-refractivity contribution in [3.63, 3.8) is 0 Å². The maximum Gasteiger partial charge on any atom is 0.306 e. The van der Waals surface area contributed by atoms with Crippen molar-refractivity contribution in [3.8, 4) is 0 Å². The lowest BCUT2D eigenvalue weighted by atomic mass is 9.98. The molecule has 0 amide bonds. The van der Waals surface area contributed by atoms with Gasteiger partial charge in [-0.15, -0.1) is 0 Å². The van der Waals surface area contributed by atoms with E-state index in [9.17, 15) is 40.5 Å². The molecule has 2 heterocycles. The topological polar surface area (TPSA) is 214 Å². The van der Waals surface area contributed by atoms with E-state index in [0.717, 1.165) is 103 Å². The summed E-state index contributed by atoms with van der Waals surface area (Å²) in [5, 5.41) is 72.4. The maximum absolute atomic E-state index is 13.1. The average Bonchev–Trinajstić information content (AvgIpc) is 3.43. The molecule has 2 aliphatic heterocycles. The largest absolute Gasteiger partial charge is 0.457 e. The van der Waals surface area contributed by atoms with Crippen LogP contribution < -0.4 is 0 Å². The summed E-state index contributed by atoms with van der Waals surface area (Å²) in [5.74, 6) is -0.392. The molecule has 0 aromatic rings. The number of rotatable bonds is 47. The van der Waals surface area contributed by atoms with E-state index in [1.54, 1.807) is 0 Å². The van der Waals surface area contributed by atoms with Gasteiger partial charge in [0.15, 0.2) is 12.6 Å². The van der Waals surface area contributed by atoms with Crippen molar-refractivity contribution in [1.29, 1.82) is 0 Å². The van der Waals surface area contributed by atoms with Gasteiger partial charge in [-0.25, -0.2) is 0 Å². The van der Waals surface area contributed by atoms with Crippen LogP contribution in [0.3, 0.4) is 0 Å². The molecule has 11 atom stereocenters. The van der Waals surface area contributed by atoms with Gasteiger partial charge in [-0.1, -0.05) is 188 Å². The summed E-state index contributed by atoms with van der Waals surface area (Å²) in [6.45, 7) is 3.50. The van der Waals surface area contributed by atoms with Gasteiger partial charge >= 0.3 is 5.97 Å². The number of hydrogen-bond acceptors (Lipinski definition) is 14. The highest BCUT2D eigenvalue weighted by atomic mass is 16.7. The molecule has 442 valence electrons. The maximum atomic E-state index is 13.1. The second-order valence-electron chi connectivity index (χ2n) is 20.4.